The van der Waals surface area contributed by atoms with Gasteiger partial charge in [-0.15, -0.1) is 11.6 Å². The second-order valence-corrected chi connectivity index (χ2v) is 3.66. The van der Waals surface area contributed by atoms with Crippen LogP contribution in [0.1, 0.15) is 39.0 Å². The SMILES string of the molecule is CCOC(=O)C(F)(F)CCCCCCCl. The Morgan fingerprint density at radius 2 is 1.87 bits per heavy atom. The number of hydrogen-bond donors (Lipinski definition) is 0. The zero-order chi connectivity index (χ0) is 11.7. The molecule has 0 atom stereocenters. The van der Waals surface area contributed by atoms with E-state index in [1.807, 2.05) is 0 Å². The number of carbonyl (C=O) groups excluding carboxylic acids is 1. The van der Waals surface area contributed by atoms with Crippen LogP contribution < -0.4 is 0 Å². The first kappa shape index (κ1) is 14.6. The van der Waals surface area contributed by atoms with E-state index in [4.69, 9.17) is 11.6 Å². The fourth-order valence-electron chi connectivity index (χ4n) is 1.13. The Balaban J connectivity index is 3.68. The first-order chi connectivity index (χ1) is 7.04. The lowest BCUT2D eigenvalue weighted by molar-refractivity contribution is -0.172. The van der Waals surface area contributed by atoms with Gasteiger partial charge in [-0.05, 0) is 19.8 Å². The number of esters is 1. The standard InChI is InChI=1S/C10H17ClF2O2/c1-2-15-9(14)10(12,13)7-5-3-4-6-8-11/h2-8H2,1H3. The van der Waals surface area contributed by atoms with E-state index in [9.17, 15) is 13.6 Å². The van der Waals surface area contributed by atoms with Crippen molar-refractivity contribution in [2.24, 2.45) is 0 Å². The van der Waals surface area contributed by atoms with Crippen LogP contribution in [0.2, 0.25) is 0 Å². The van der Waals surface area contributed by atoms with Crippen LogP contribution in [0, 0.1) is 0 Å². The van der Waals surface area contributed by atoms with Gasteiger partial charge < -0.3 is 4.74 Å². The highest BCUT2D eigenvalue weighted by Crippen LogP contribution is 2.23. The van der Waals surface area contributed by atoms with Gasteiger partial charge >= 0.3 is 11.9 Å². The molecular weight excluding hydrogens is 226 g/mol. The van der Waals surface area contributed by atoms with Crippen LogP contribution in [0.4, 0.5) is 8.78 Å². The molecule has 0 unspecified atom stereocenters. The maximum Gasteiger partial charge on any atom is 0.376 e. The molecule has 5 heteroatoms. The first-order valence-corrected chi connectivity index (χ1v) is 5.69. The summed E-state index contributed by atoms with van der Waals surface area (Å²) in [6, 6.07) is 0. The van der Waals surface area contributed by atoms with Crippen LogP contribution in [0.5, 0.6) is 0 Å². The van der Waals surface area contributed by atoms with E-state index in [-0.39, 0.29) is 6.61 Å². The van der Waals surface area contributed by atoms with Gasteiger partial charge in [0, 0.05) is 12.3 Å². The van der Waals surface area contributed by atoms with Crippen molar-refractivity contribution in [1.82, 2.24) is 0 Å². The number of rotatable bonds is 8. The van der Waals surface area contributed by atoms with Crippen molar-refractivity contribution in [3.8, 4) is 0 Å². The number of alkyl halides is 3. The monoisotopic (exact) mass is 242 g/mol. The summed E-state index contributed by atoms with van der Waals surface area (Å²) in [6.45, 7) is 1.50. The molecule has 0 amide bonds. The van der Waals surface area contributed by atoms with E-state index in [0.29, 0.717) is 18.7 Å². The summed E-state index contributed by atoms with van der Waals surface area (Å²) in [7, 11) is 0. The van der Waals surface area contributed by atoms with Crippen LogP contribution in [0.3, 0.4) is 0 Å². The quantitative estimate of drug-likeness (QED) is 0.371. The van der Waals surface area contributed by atoms with E-state index in [2.05, 4.69) is 4.74 Å². The van der Waals surface area contributed by atoms with Gasteiger partial charge in [0.05, 0.1) is 6.61 Å². The van der Waals surface area contributed by atoms with Gasteiger partial charge in [-0.1, -0.05) is 12.8 Å². The number of ether oxygens (including phenoxy) is 1. The lowest BCUT2D eigenvalue weighted by Crippen LogP contribution is -2.30. The summed E-state index contributed by atoms with van der Waals surface area (Å²) in [5.74, 6) is -4.20. The van der Waals surface area contributed by atoms with Crippen molar-refractivity contribution < 1.29 is 18.3 Å². The van der Waals surface area contributed by atoms with Crippen LogP contribution in [0.15, 0.2) is 0 Å². The molecule has 0 aliphatic carbocycles. The van der Waals surface area contributed by atoms with Gasteiger partial charge in [-0.25, -0.2) is 4.79 Å². The predicted molar refractivity (Wildman–Crippen MR) is 55.4 cm³/mol. The maximum absolute atomic E-state index is 13.0. The molecule has 0 aliphatic rings. The van der Waals surface area contributed by atoms with Gasteiger partial charge in [0.15, 0.2) is 0 Å². The van der Waals surface area contributed by atoms with Crippen LogP contribution in [-0.2, 0) is 9.53 Å². The Kier molecular flexibility index (Phi) is 7.65. The van der Waals surface area contributed by atoms with Gasteiger partial charge in [0.1, 0.15) is 0 Å². The first-order valence-electron chi connectivity index (χ1n) is 5.15. The van der Waals surface area contributed by atoms with Gasteiger partial charge in [-0.3, -0.25) is 0 Å². The largest absolute Gasteiger partial charge is 0.462 e. The Bertz CT molecular complexity index is 186. The van der Waals surface area contributed by atoms with Gasteiger partial charge in [0.25, 0.3) is 0 Å². The topological polar surface area (TPSA) is 26.3 Å². The molecule has 0 rings (SSSR count). The molecule has 0 radical (unpaired) electrons. The summed E-state index contributed by atoms with van der Waals surface area (Å²) < 4.78 is 30.3. The molecule has 0 aliphatic heterocycles. The van der Waals surface area contributed by atoms with Crippen molar-refractivity contribution in [1.29, 1.82) is 0 Å². The summed E-state index contributed by atoms with van der Waals surface area (Å²) in [5, 5.41) is 0. The molecule has 2 nitrogen and oxygen atoms in total. The molecule has 0 aromatic rings. The van der Waals surface area contributed by atoms with Gasteiger partial charge in [-0.2, -0.15) is 8.78 Å². The zero-order valence-corrected chi connectivity index (χ0v) is 9.66. The van der Waals surface area contributed by atoms with Crippen molar-refractivity contribution in [3.05, 3.63) is 0 Å². The molecule has 0 N–H and O–H groups in total. The van der Waals surface area contributed by atoms with E-state index in [1.54, 1.807) is 0 Å². The highest BCUT2D eigenvalue weighted by molar-refractivity contribution is 6.17. The fraction of sp³-hybridized carbons (Fsp3) is 0.900. The van der Waals surface area contributed by atoms with E-state index in [1.165, 1.54) is 6.92 Å². The molecule has 0 heterocycles. The lowest BCUT2D eigenvalue weighted by Gasteiger charge is -2.13. The third-order valence-corrected chi connectivity index (χ3v) is 2.22. The van der Waals surface area contributed by atoms with E-state index < -0.39 is 18.3 Å². The lowest BCUT2D eigenvalue weighted by atomic mass is 10.1. The molecule has 0 spiro atoms. The Morgan fingerprint density at radius 1 is 1.27 bits per heavy atom. The number of unbranched alkanes of at least 4 members (excludes halogenated alkanes) is 3. The molecule has 0 saturated heterocycles. The second-order valence-electron chi connectivity index (χ2n) is 3.28. The average molecular weight is 243 g/mol. The molecule has 0 fully saturated rings. The minimum Gasteiger partial charge on any atom is -0.462 e. The van der Waals surface area contributed by atoms with Crippen molar-refractivity contribution in [3.63, 3.8) is 0 Å². The third-order valence-electron chi connectivity index (χ3n) is 1.95. The number of hydrogen-bond acceptors (Lipinski definition) is 2. The van der Waals surface area contributed by atoms with E-state index in [0.717, 1.165) is 12.8 Å². The molecule has 0 aromatic carbocycles. The van der Waals surface area contributed by atoms with Crippen LogP contribution in [0.25, 0.3) is 0 Å². The average Bonchev–Trinajstić information content (AvgIpc) is 2.18. The zero-order valence-electron chi connectivity index (χ0n) is 8.90. The maximum atomic E-state index is 13.0. The predicted octanol–water partition coefficient (Wildman–Crippen LogP) is 3.37. The van der Waals surface area contributed by atoms with Gasteiger partial charge in [0.2, 0.25) is 0 Å². The van der Waals surface area contributed by atoms with Crippen LogP contribution in [-0.4, -0.2) is 24.4 Å². The summed E-state index contributed by atoms with van der Waals surface area (Å²) in [6.07, 6.45) is 2.20. The van der Waals surface area contributed by atoms with Crippen molar-refractivity contribution in [2.75, 3.05) is 12.5 Å². The molecule has 15 heavy (non-hydrogen) atoms. The normalized spacial score (nSPS) is 11.5. The fourth-order valence-corrected chi connectivity index (χ4v) is 1.32. The Labute approximate surface area is 93.9 Å². The molecule has 90 valence electrons. The highest BCUT2D eigenvalue weighted by atomic mass is 35.5. The minimum atomic E-state index is -3.34. The number of carbonyl (C=O) groups is 1. The smallest absolute Gasteiger partial charge is 0.376 e. The van der Waals surface area contributed by atoms with E-state index >= 15 is 0 Å². The molecule has 0 saturated carbocycles. The Morgan fingerprint density at radius 3 is 2.40 bits per heavy atom. The van der Waals surface area contributed by atoms with Crippen LogP contribution >= 0.6 is 11.6 Å². The summed E-state index contributed by atoms with van der Waals surface area (Å²) >= 11 is 5.44. The number of halogens is 3. The third kappa shape index (κ3) is 6.66. The second kappa shape index (κ2) is 7.85. The summed E-state index contributed by atoms with van der Waals surface area (Å²) in [5.41, 5.74) is 0. The van der Waals surface area contributed by atoms with Crippen molar-refractivity contribution in [2.45, 2.75) is 45.0 Å². The molecule has 0 aromatic heterocycles. The highest BCUT2D eigenvalue weighted by Gasteiger charge is 2.39. The molecular formula is C10H17ClF2O2. The molecule has 0 bridgehead atoms. The van der Waals surface area contributed by atoms with Crippen molar-refractivity contribution >= 4 is 17.6 Å². The Hall–Kier alpha value is -0.380. The minimum absolute atomic E-state index is 0.0132. The summed E-state index contributed by atoms with van der Waals surface area (Å²) in [4.78, 5) is 10.8.